The molecule has 74 valence electrons. The summed E-state index contributed by atoms with van der Waals surface area (Å²) >= 11 is 3.17. The lowest BCUT2D eigenvalue weighted by molar-refractivity contribution is -0.114. The summed E-state index contributed by atoms with van der Waals surface area (Å²) in [7, 11) is 0. The average Bonchev–Trinajstić information content (AvgIpc) is 2.01. The van der Waals surface area contributed by atoms with E-state index in [9.17, 15) is 9.18 Å². The highest BCUT2D eigenvalue weighted by Gasteiger charge is 2.06. The van der Waals surface area contributed by atoms with Crippen molar-refractivity contribution in [1.29, 1.82) is 0 Å². The number of carbonyl (C=O) groups excluding carboxylic acids is 1. The molecule has 0 atom stereocenters. The van der Waals surface area contributed by atoms with Gasteiger partial charge in [-0.2, -0.15) is 0 Å². The van der Waals surface area contributed by atoms with E-state index in [1.54, 1.807) is 13.0 Å². The Kier molecular flexibility index (Phi) is 3.58. The van der Waals surface area contributed by atoms with Crippen LogP contribution >= 0.6 is 15.9 Å². The molecule has 0 aromatic heterocycles. The van der Waals surface area contributed by atoms with Gasteiger partial charge in [0.25, 0.3) is 0 Å². The summed E-state index contributed by atoms with van der Waals surface area (Å²) in [6, 6.07) is 4.43. The number of hydrogen-bond acceptors (Lipinski definition) is 1. The van der Waals surface area contributed by atoms with Gasteiger partial charge in [0.15, 0.2) is 5.78 Å². The van der Waals surface area contributed by atoms with Crippen molar-refractivity contribution in [2.24, 2.45) is 0 Å². The fraction of sp³-hybridized carbons (Fsp3) is 0.182. The first-order valence-corrected chi connectivity index (χ1v) is 4.92. The molecule has 0 unspecified atom stereocenters. The van der Waals surface area contributed by atoms with Crippen molar-refractivity contribution < 1.29 is 9.18 Å². The molecule has 0 saturated heterocycles. The molecule has 0 amide bonds. The second-order valence-corrected chi connectivity index (χ2v) is 4.07. The van der Waals surface area contributed by atoms with Crippen LogP contribution < -0.4 is 0 Å². The number of carbonyl (C=O) groups is 1. The monoisotopic (exact) mass is 256 g/mol. The van der Waals surface area contributed by atoms with E-state index in [-0.39, 0.29) is 18.0 Å². The topological polar surface area (TPSA) is 17.1 Å². The van der Waals surface area contributed by atoms with Gasteiger partial charge in [-0.25, -0.2) is 4.39 Å². The van der Waals surface area contributed by atoms with Crippen molar-refractivity contribution in [3.8, 4) is 0 Å². The van der Waals surface area contributed by atoms with Crippen molar-refractivity contribution in [1.82, 2.24) is 0 Å². The van der Waals surface area contributed by atoms with E-state index >= 15 is 0 Å². The molecule has 0 heterocycles. The molecule has 0 radical (unpaired) electrons. The van der Waals surface area contributed by atoms with Crippen LogP contribution in [0.3, 0.4) is 0 Å². The molecule has 0 fully saturated rings. The number of halogens is 2. The Morgan fingerprint density at radius 2 is 2.14 bits per heavy atom. The summed E-state index contributed by atoms with van der Waals surface area (Å²) in [5, 5.41) is 0. The minimum atomic E-state index is -0.344. The van der Waals surface area contributed by atoms with Gasteiger partial charge in [0.1, 0.15) is 5.82 Å². The van der Waals surface area contributed by atoms with Gasteiger partial charge in [-0.05, 0) is 36.3 Å². The van der Waals surface area contributed by atoms with Crippen LogP contribution in [0.1, 0.15) is 12.5 Å². The largest absolute Gasteiger partial charge is 0.294 e. The summed E-state index contributed by atoms with van der Waals surface area (Å²) in [4.78, 5) is 11.3. The van der Waals surface area contributed by atoms with Gasteiger partial charge in [0, 0.05) is 10.9 Å². The lowest BCUT2D eigenvalue weighted by atomic mass is 10.1. The lowest BCUT2D eigenvalue weighted by Gasteiger charge is -2.01. The Hall–Kier alpha value is -0.960. The van der Waals surface area contributed by atoms with E-state index in [0.29, 0.717) is 15.6 Å². The predicted octanol–water partition coefficient (Wildman–Crippen LogP) is 3.28. The highest BCUT2D eigenvalue weighted by molar-refractivity contribution is 9.10. The van der Waals surface area contributed by atoms with Crippen molar-refractivity contribution in [3.05, 3.63) is 46.2 Å². The first-order chi connectivity index (χ1) is 6.49. The minimum absolute atomic E-state index is 0.0671. The molecule has 1 aromatic carbocycles. The van der Waals surface area contributed by atoms with Crippen molar-refractivity contribution in [2.45, 2.75) is 13.3 Å². The molecule has 14 heavy (non-hydrogen) atoms. The highest BCUT2D eigenvalue weighted by atomic mass is 79.9. The van der Waals surface area contributed by atoms with Gasteiger partial charge in [-0.15, -0.1) is 0 Å². The van der Waals surface area contributed by atoms with E-state index in [2.05, 4.69) is 22.5 Å². The van der Waals surface area contributed by atoms with E-state index in [1.165, 1.54) is 12.1 Å². The molecule has 0 saturated carbocycles. The molecule has 0 aliphatic rings. The Morgan fingerprint density at radius 3 is 2.64 bits per heavy atom. The number of hydrogen-bond donors (Lipinski definition) is 0. The normalized spacial score (nSPS) is 9.93. The Balaban J connectivity index is 2.87. The van der Waals surface area contributed by atoms with E-state index in [1.807, 2.05) is 0 Å². The molecule has 0 spiro atoms. The number of benzene rings is 1. The fourth-order valence-electron chi connectivity index (χ4n) is 1.05. The van der Waals surface area contributed by atoms with Crippen LogP contribution in [0.4, 0.5) is 4.39 Å². The van der Waals surface area contributed by atoms with Gasteiger partial charge < -0.3 is 0 Å². The molecule has 1 rings (SSSR count). The third-order valence-electron chi connectivity index (χ3n) is 1.76. The number of Topliss-reactive ketones (excluding diaryl/α,β-unsaturated/α-hetero) is 1. The van der Waals surface area contributed by atoms with Gasteiger partial charge in [-0.3, -0.25) is 4.79 Å². The van der Waals surface area contributed by atoms with Crippen molar-refractivity contribution in [3.63, 3.8) is 0 Å². The zero-order chi connectivity index (χ0) is 10.7. The summed E-state index contributed by atoms with van der Waals surface area (Å²) in [6.45, 7) is 5.19. The summed E-state index contributed by atoms with van der Waals surface area (Å²) < 4.78 is 13.6. The van der Waals surface area contributed by atoms with Crippen LogP contribution in [-0.4, -0.2) is 5.78 Å². The number of rotatable bonds is 3. The van der Waals surface area contributed by atoms with Crippen LogP contribution in [0.2, 0.25) is 0 Å². The summed E-state index contributed by atoms with van der Waals surface area (Å²) in [5.74, 6) is -0.411. The minimum Gasteiger partial charge on any atom is -0.294 e. The smallest absolute Gasteiger partial charge is 0.162 e. The van der Waals surface area contributed by atoms with E-state index in [0.717, 1.165) is 0 Å². The van der Waals surface area contributed by atoms with Gasteiger partial charge in [0.05, 0.1) is 0 Å². The van der Waals surface area contributed by atoms with Crippen LogP contribution in [0.15, 0.2) is 34.8 Å². The van der Waals surface area contributed by atoms with Crippen LogP contribution in [-0.2, 0) is 11.2 Å². The zero-order valence-electron chi connectivity index (χ0n) is 7.81. The molecule has 1 aromatic rings. The Morgan fingerprint density at radius 1 is 1.50 bits per heavy atom. The SMILES string of the molecule is C=C(C)C(=O)Cc1cc(F)cc(Br)c1. The van der Waals surface area contributed by atoms with Crippen LogP contribution in [0, 0.1) is 5.82 Å². The maximum Gasteiger partial charge on any atom is 0.162 e. The molecule has 3 heteroatoms. The van der Waals surface area contributed by atoms with E-state index < -0.39 is 0 Å². The lowest BCUT2D eigenvalue weighted by Crippen LogP contribution is -2.03. The molecule has 0 bridgehead atoms. The zero-order valence-corrected chi connectivity index (χ0v) is 9.40. The number of allylic oxidation sites excluding steroid dienone is 1. The first kappa shape index (κ1) is 11.1. The maximum absolute atomic E-state index is 12.9. The van der Waals surface area contributed by atoms with Crippen molar-refractivity contribution >= 4 is 21.7 Å². The van der Waals surface area contributed by atoms with Gasteiger partial charge in [-0.1, -0.05) is 22.5 Å². The number of ketones is 1. The highest BCUT2D eigenvalue weighted by Crippen LogP contribution is 2.16. The molecular formula is C11H10BrFO. The van der Waals surface area contributed by atoms with E-state index in [4.69, 9.17) is 0 Å². The van der Waals surface area contributed by atoms with Gasteiger partial charge in [0.2, 0.25) is 0 Å². The Labute approximate surface area is 90.8 Å². The molecule has 1 nitrogen and oxygen atoms in total. The first-order valence-electron chi connectivity index (χ1n) is 4.12. The fourth-order valence-corrected chi connectivity index (χ4v) is 1.56. The van der Waals surface area contributed by atoms with Gasteiger partial charge >= 0.3 is 0 Å². The van der Waals surface area contributed by atoms with Crippen molar-refractivity contribution in [2.75, 3.05) is 0 Å². The molecule has 0 aliphatic carbocycles. The average molecular weight is 257 g/mol. The maximum atomic E-state index is 12.9. The third kappa shape index (κ3) is 3.07. The quantitative estimate of drug-likeness (QED) is 0.759. The van der Waals surface area contributed by atoms with Crippen LogP contribution in [0.25, 0.3) is 0 Å². The standard InChI is InChI=1S/C11H10BrFO/c1-7(2)11(14)5-8-3-9(12)6-10(13)4-8/h3-4,6H,1,5H2,2H3. The Bertz CT molecular complexity index is 365. The van der Waals surface area contributed by atoms with Crippen LogP contribution in [0.5, 0.6) is 0 Å². The second kappa shape index (κ2) is 4.51. The second-order valence-electron chi connectivity index (χ2n) is 3.16. The summed E-state index contributed by atoms with van der Waals surface area (Å²) in [5.41, 5.74) is 1.15. The predicted molar refractivity (Wildman–Crippen MR) is 57.6 cm³/mol. The molecule has 0 aliphatic heterocycles. The molecular weight excluding hydrogens is 247 g/mol. The third-order valence-corrected chi connectivity index (χ3v) is 2.22. The summed E-state index contributed by atoms with van der Waals surface area (Å²) in [6.07, 6.45) is 0.200. The molecule has 0 N–H and O–H groups in total.